The van der Waals surface area contributed by atoms with Crippen molar-refractivity contribution < 1.29 is 30.0 Å². The maximum absolute atomic E-state index is 12.3. The molecule has 2 rings (SSSR count). The summed E-state index contributed by atoms with van der Waals surface area (Å²) in [6, 6.07) is 13.6. The first-order chi connectivity index (χ1) is 10.5. The molecule has 0 saturated carbocycles. The molecular weight excluding hydrogens is 355 g/mol. The Labute approximate surface area is 130 Å². The van der Waals surface area contributed by atoms with E-state index in [1.54, 1.807) is 30.3 Å². The van der Waals surface area contributed by atoms with Gasteiger partial charge < -0.3 is 0 Å². The van der Waals surface area contributed by atoms with Crippen molar-refractivity contribution in [2.75, 3.05) is 0 Å². The molecule has 23 heavy (non-hydrogen) atoms. The van der Waals surface area contributed by atoms with Crippen molar-refractivity contribution in [1.82, 2.24) is 4.13 Å². The van der Waals surface area contributed by atoms with Gasteiger partial charge in [0.05, 0.1) is 4.90 Å². The third-order valence-electron chi connectivity index (χ3n) is 2.80. The fourth-order valence-electron chi connectivity index (χ4n) is 1.70. The van der Waals surface area contributed by atoms with E-state index < -0.39 is 30.5 Å². The van der Waals surface area contributed by atoms with Crippen molar-refractivity contribution in [3.63, 3.8) is 0 Å². The molecule has 2 aromatic carbocycles. The molecular formula is C13H10F3NO4S2. The van der Waals surface area contributed by atoms with E-state index in [0.29, 0.717) is 9.69 Å². The quantitative estimate of drug-likeness (QED) is 0.903. The van der Waals surface area contributed by atoms with E-state index in [0.717, 1.165) is 17.7 Å². The second kappa shape index (κ2) is 5.95. The number of hydrogen-bond acceptors (Lipinski definition) is 4. The lowest BCUT2D eigenvalue weighted by Gasteiger charge is -2.10. The number of rotatable bonds is 4. The fraction of sp³-hybridized carbons (Fsp3) is 0.0769. The van der Waals surface area contributed by atoms with E-state index in [2.05, 4.69) is 0 Å². The summed E-state index contributed by atoms with van der Waals surface area (Å²) in [6.45, 7) is 0. The van der Waals surface area contributed by atoms with E-state index in [1.165, 1.54) is 12.1 Å². The molecule has 0 radical (unpaired) electrons. The van der Waals surface area contributed by atoms with E-state index in [-0.39, 0.29) is 0 Å². The molecule has 0 aliphatic carbocycles. The van der Waals surface area contributed by atoms with Gasteiger partial charge in [-0.3, -0.25) is 0 Å². The van der Waals surface area contributed by atoms with Gasteiger partial charge in [-0.2, -0.15) is 13.2 Å². The van der Waals surface area contributed by atoms with E-state index in [9.17, 15) is 30.0 Å². The van der Waals surface area contributed by atoms with E-state index in [1.807, 2.05) is 0 Å². The summed E-state index contributed by atoms with van der Waals surface area (Å²) in [4.78, 5) is -0.593. The summed E-state index contributed by atoms with van der Waals surface area (Å²) in [5.74, 6) is 0. The summed E-state index contributed by atoms with van der Waals surface area (Å²) in [5.41, 5.74) is -4.32. The first-order valence-electron chi connectivity index (χ1n) is 6.03. The molecule has 0 aromatic heterocycles. The van der Waals surface area contributed by atoms with Gasteiger partial charge in [-0.1, -0.05) is 46.6 Å². The molecule has 0 unspecified atom stereocenters. The molecule has 0 heterocycles. The van der Waals surface area contributed by atoms with Gasteiger partial charge in [0.15, 0.2) is 0 Å². The molecule has 5 nitrogen and oxygen atoms in total. The van der Waals surface area contributed by atoms with Gasteiger partial charge in [-0.05, 0) is 23.3 Å². The second-order valence-electron chi connectivity index (χ2n) is 4.43. The Morgan fingerprint density at radius 2 is 1.22 bits per heavy atom. The standard InChI is InChI=1S/C13H10F3NO4S2/c14-13(15,16)23(20,21)17-22(18,19)12-8-6-11(7-9-12)10-4-2-1-3-5-10/h1-9,17H. The van der Waals surface area contributed by atoms with Crippen LogP contribution in [0.2, 0.25) is 0 Å². The van der Waals surface area contributed by atoms with Crippen molar-refractivity contribution in [2.24, 2.45) is 0 Å². The van der Waals surface area contributed by atoms with Gasteiger partial charge in [-0.25, -0.2) is 16.8 Å². The van der Waals surface area contributed by atoms with Crippen LogP contribution in [0.25, 0.3) is 11.1 Å². The topological polar surface area (TPSA) is 80.3 Å². The van der Waals surface area contributed by atoms with Crippen LogP contribution in [0.15, 0.2) is 59.5 Å². The number of alkyl halides is 3. The fourth-order valence-corrected chi connectivity index (χ4v) is 4.11. The van der Waals surface area contributed by atoms with Gasteiger partial charge in [0.1, 0.15) is 0 Å². The van der Waals surface area contributed by atoms with Crippen LogP contribution < -0.4 is 4.13 Å². The van der Waals surface area contributed by atoms with Crippen LogP contribution >= 0.6 is 0 Å². The minimum absolute atomic E-state index is 0.593. The highest BCUT2D eigenvalue weighted by Gasteiger charge is 2.48. The highest BCUT2D eigenvalue weighted by molar-refractivity contribution is 8.05. The lowest BCUT2D eigenvalue weighted by Crippen LogP contribution is -2.40. The number of halogens is 3. The van der Waals surface area contributed by atoms with Crippen molar-refractivity contribution in [2.45, 2.75) is 10.4 Å². The summed E-state index contributed by atoms with van der Waals surface area (Å²) < 4.78 is 82.7. The molecule has 0 aliphatic heterocycles. The average Bonchev–Trinajstić information content (AvgIpc) is 2.46. The Balaban J connectivity index is 2.32. The maximum atomic E-state index is 12.3. The van der Waals surface area contributed by atoms with Crippen molar-refractivity contribution in [3.05, 3.63) is 54.6 Å². The molecule has 0 spiro atoms. The first kappa shape index (κ1) is 17.4. The lowest BCUT2D eigenvalue weighted by atomic mass is 10.1. The predicted molar refractivity (Wildman–Crippen MR) is 77.2 cm³/mol. The number of hydrogen-bond donors (Lipinski definition) is 1. The molecule has 0 amide bonds. The number of nitrogens with one attached hydrogen (secondary N) is 1. The van der Waals surface area contributed by atoms with Crippen molar-refractivity contribution in [3.8, 4) is 11.1 Å². The molecule has 124 valence electrons. The number of benzene rings is 2. The van der Waals surface area contributed by atoms with Crippen LogP contribution in [0.3, 0.4) is 0 Å². The smallest absolute Gasteiger partial charge is 0.206 e. The van der Waals surface area contributed by atoms with Gasteiger partial charge >= 0.3 is 15.5 Å². The van der Waals surface area contributed by atoms with Crippen molar-refractivity contribution in [1.29, 1.82) is 0 Å². The summed E-state index contributed by atoms with van der Waals surface area (Å²) in [6.07, 6.45) is 0. The van der Waals surface area contributed by atoms with Gasteiger partial charge in [0.25, 0.3) is 10.0 Å². The molecule has 0 aliphatic rings. The van der Waals surface area contributed by atoms with E-state index in [4.69, 9.17) is 0 Å². The molecule has 0 fully saturated rings. The van der Waals surface area contributed by atoms with Crippen LogP contribution in [-0.2, 0) is 20.0 Å². The molecule has 0 bridgehead atoms. The monoisotopic (exact) mass is 365 g/mol. The summed E-state index contributed by atoms with van der Waals surface area (Å²) in [7, 11) is -10.9. The SMILES string of the molecule is O=S(=O)(NS(=O)(=O)C(F)(F)F)c1ccc(-c2ccccc2)cc1. The Morgan fingerprint density at radius 3 is 1.70 bits per heavy atom. The minimum Gasteiger partial charge on any atom is -0.206 e. The Morgan fingerprint density at radius 1 is 0.739 bits per heavy atom. The van der Waals surface area contributed by atoms with E-state index >= 15 is 0 Å². The molecule has 0 saturated heterocycles. The van der Waals surface area contributed by atoms with Crippen LogP contribution in [-0.4, -0.2) is 22.3 Å². The van der Waals surface area contributed by atoms with Crippen LogP contribution in [0.1, 0.15) is 0 Å². The largest absolute Gasteiger partial charge is 0.512 e. The molecule has 10 heteroatoms. The van der Waals surface area contributed by atoms with Gasteiger partial charge in [0.2, 0.25) is 0 Å². The van der Waals surface area contributed by atoms with Gasteiger partial charge in [0, 0.05) is 0 Å². The highest BCUT2D eigenvalue weighted by Crippen LogP contribution is 2.25. The first-order valence-corrected chi connectivity index (χ1v) is 9.00. The average molecular weight is 365 g/mol. The molecule has 0 atom stereocenters. The maximum Gasteiger partial charge on any atom is 0.512 e. The van der Waals surface area contributed by atoms with Crippen molar-refractivity contribution >= 4 is 20.0 Å². The zero-order chi connectivity index (χ0) is 17.3. The van der Waals surface area contributed by atoms with Gasteiger partial charge in [-0.15, -0.1) is 0 Å². The summed E-state index contributed by atoms with van der Waals surface area (Å²) in [5, 5.41) is 0. The minimum atomic E-state index is -6.00. The Bertz CT molecular complexity index is 890. The highest BCUT2D eigenvalue weighted by atomic mass is 32.3. The van der Waals surface area contributed by atoms with Crippen LogP contribution in [0, 0.1) is 0 Å². The third kappa shape index (κ3) is 3.89. The van der Waals surface area contributed by atoms with Crippen LogP contribution in [0.5, 0.6) is 0 Å². The lowest BCUT2D eigenvalue weighted by molar-refractivity contribution is -0.0441. The predicted octanol–water partition coefficient (Wildman–Crippen LogP) is 2.48. The summed E-state index contributed by atoms with van der Waals surface area (Å²) >= 11 is 0. The molecule has 2 aromatic rings. The molecule has 1 N–H and O–H groups in total. The normalized spacial score (nSPS) is 13.0. The zero-order valence-corrected chi connectivity index (χ0v) is 12.9. The Kier molecular flexibility index (Phi) is 4.51. The van der Waals surface area contributed by atoms with Crippen LogP contribution in [0.4, 0.5) is 13.2 Å². The Hall–Kier alpha value is -1.91. The third-order valence-corrected chi connectivity index (χ3v) is 6.05. The number of sulfonamides is 2. The second-order valence-corrected chi connectivity index (χ2v) is 8.04. The zero-order valence-electron chi connectivity index (χ0n) is 11.3.